The molecule has 1 atom stereocenters. The van der Waals surface area contributed by atoms with Crippen molar-refractivity contribution in [2.24, 2.45) is 4.99 Å². The van der Waals surface area contributed by atoms with Crippen molar-refractivity contribution in [1.29, 1.82) is 0 Å². The molecule has 2 aromatic carbocycles. The second-order valence-corrected chi connectivity index (χ2v) is 9.11. The van der Waals surface area contributed by atoms with Crippen LogP contribution in [0.4, 0.5) is 5.69 Å². The van der Waals surface area contributed by atoms with Gasteiger partial charge in [0.2, 0.25) is 0 Å². The fourth-order valence-corrected chi connectivity index (χ4v) is 5.23. The standard InChI is InChI=1S/C23H28ClN3OS/c1-27-20-9-6-5-8-18(20)23(19-12-11-17(24)16-21(19)29-27)26-13-7-3-2-4-10-22-25-14-15-28-22/h5-6,8-9,11-12,16,23,26H,2-4,7,10,13-15H2,1H3. The van der Waals surface area contributed by atoms with Gasteiger partial charge in [0, 0.05) is 23.4 Å². The van der Waals surface area contributed by atoms with E-state index in [0.717, 1.165) is 49.9 Å². The van der Waals surface area contributed by atoms with E-state index in [2.05, 4.69) is 58.1 Å². The topological polar surface area (TPSA) is 36.9 Å². The van der Waals surface area contributed by atoms with Crippen molar-refractivity contribution in [2.45, 2.75) is 43.0 Å². The minimum Gasteiger partial charge on any atom is -0.479 e. The Balaban J connectivity index is 1.37. The van der Waals surface area contributed by atoms with Crippen LogP contribution in [-0.2, 0) is 4.74 Å². The first-order valence-electron chi connectivity index (χ1n) is 10.4. The molecule has 4 nitrogen and oxygen atoms in total. The van der Waals surface area contributed by atoms with Crippen LogP contribution in [-0.4, -0.2) is 32.6 Å². The molecule has 0 saturated carbocycles. The first kappa shape index (κ1) is 20.6. The lowest BCUT2D eigenvalue weighted by molar-refractivity contribution is 0.336. The van der Waals surface area contributed by atoms with Crippen molar-refractivity contribution < 1.29 is 4.74 Å². The summed E-state index contributed by atoms with van der Waals surface area (Å²) in [7, 11) is 2.12. The van der Waals surface area contributed by atoms with Gasteiger partial charge in [0.05, 0.1) is 18.3 Å². The molecule has 1 N–H and O–H groups in total. The minimum atomic E-state index is 0.178. The van der Waals surface area contributed by atoms with Gasteiger partial charge in [-0.3, -0.25) is 4.99 Å². The number of unbranched alkanes of at least 4 members (excludes halogenated alkanes) is 3. The number of hydrogen-bond acceptors (Lipinski definition) is 5. The third kappa shape index (κ3) is 5.08. The highest BCUT2D eigenvalue weighted by Crippen LogP contribution is 2.43. The van der Waals surface area contributed by atoms with E-state index in [1.807, 2.05) is 6.07 Å². The minimum absolute atomic E-state index is 0.178. The van der Waals surface area contributed by atoms with Crippen LogP contribution in [0.3, 0.4) is 0 Å². The summed E-state index contributed by atoms with van der Waals surface area (Å²) in [6.45, 7) is 2.59. The Morgan fingerprint density at radius 1 is 1.14 bits per heavy atom. The second kappa shape index (κ2) is 9.88. The van der Waals surface area contributed by atoms with Crippen LogP contribution in [0.5, 0.6) is 0 Å². The van der Waals surface area contributed by atoms with Gasteiger partial charge >= 0.3 is 0 Å². The van der Waals surface area contributed by atoms with Crippen LogP contribution in [0.15, 0.2) is 52.4 Å². The van der Waals surface area contributed by atoms with Crippen LogP contribution in [0.2, 0.25) is 5.02 Å². The van der Waals surface area contributed by atoms with Crippen molar-refractivity contribution in [1.82, 2.24) is 5.32 Å². The van der Waals surface area contributed by atoms with Crippen molar-refractivity contribution in [2.75, 3.05) is 31.0 Å². The summed E-state index contributed by atoms with van der Waals surface area (Å²) < 4.78 is 7.71. The van der Waals surface area contributed by atoms with Crippen molar-refractivity contribution in [3.8, 4) is 0 Å². The van der Waals surface area contributed by atoms with Crippen molar-refractivity contribution in [3.05, 3.63) is 58.6 Å². The number of fused-ring (bicyclic) bond motifs is 2. The van der Waals surface area contributed by atoms with E-state index in [4.69, 9.17) is 16.3 Å². The number of halogens is 1. The second-order valence-electron chi connectivity index (χ2n) is 7.50. The molecule has 0 saturated heterocycles. The molecule has 1 unspecified atom stereocenters. The lowest BCUT2D eigenvalue weighted by Gasteiger charge is -2.22. The van der Waals surface area contributed by atoms with E-state index < -0.39 is 0 Å². The number of para-hydroxylation sites is 1. The Morgan fingerprint density at radius 3 is 2.86 bits per heavy atom. The molecule has 0 amide bonds. The molecule has 6 heteroatoms. The van der Waals surface area contributed by atoms with E-state index in [1.54, 1.807) is 11.9 Å². The smallest absolute Gasteiger partial charge is 0.183 e. The van der Waals surface area contributed by atoms with Gasteiger partial charge in [0.25, 0.3) is 0 Å². The highest BCUT2D eigenvalue weighted by Gasteiger charge is 2.26. The average molecular weight is 430 g/mol. The molecular weight excluding hydrogens is 402 g/mol. The molecule has 2 aliphatic rings. The molecule has 0 aliphatic carbocycles. The first-order valence-corrected chi connectivity index (χ1v) is 11.6. The highest BCUT2D eigenvalue weighted by molar-refractivity contribution is 8.00. The number of nitrogens with one attached hydrogen (secondary N) is 1. The fourth-order valence-electron chi connectivity index (χ4n) is 3.96. The molecule has 0 bridgehead atoms. The number of aliphatic imine (C=N–C) groups is 1. The van der Waals surface area contributed by atoms with Gasteiger partial charge < -0.3 is 14.4 Å². The Hall–Kier alpha value is -1.69. The van der Waals surface area contributed by atoms with Crippen LogP contribution in [0.1, 0.15) is 49.3 Å². The molecule has 2 aromatic rings. The molecule has 154 valence electrons. The third-order valence-corrected chi connectivity index (χ3v) is 6.68. The average Bonchev–Trinajstić information content (AvgIpc) is 3.21. The van der Waals surface area contributed by atoms with E-state index in [9.17, 15) is 0 Å². The summed E-state index contributed by atoms with van der Waals surface area (Å²) in [5.41, 5.74) is 3.87. The van der Waals surface area contributed by atoms with E-state index in [1.165, 1.54) is 34.6 Å². The number of ether oxygens (including phenoxy) is 1. The summed E-state index contributed by atoms with van der Waals surface area (Å²) >= 11 is 8.03. The van der Waals surface area contributed by atoms with Gasteiger partial charge in [-0.15, -0.1) is 0 Å². The summed E-state index contributed by atoms with van der Waals surface area (Å²) in [5, 5.41) is 4.60. The molecule has 29 heavy (non-hydrogen) atoms. The van der Waals surface area contributed by atoms with Crippen LogP contribution in [0.25, 0.3) is 0 Å². The van der Waals surface area contributed by atoms with Crippen LogP contribution in [0, 0.1) is 0 Å². The summed E-state index contributed by atoms with van der Waals surface area (Å²) in [4.78, 5) is 5.58. The number of nitrogens with zero attached hydrogens (tertiary/aromatic N) is 2. The lowest BCUT2D eigenvalue weighted by Crippen LogP contribution is -2.24. The first-order chi connectivity index (χ1) is 14.2. The summed E-state index contributed by atoms with van der Waals surface area (Å²) in [5.74, 6) is 0.954. The molecule has 4 rings (SSSR count). The van der Waals surface area contributed by atoms with Crippen LogP contribution >= 0.6 is 23.5 Å². The quantitative estimate of drug-likeness (QED) is 0.421. The third-order valence-electron chi connectivity index (χ3n) is 5.42. The van der Waals surface area contributed by atoms with E-state index in [0.29, 0.717) is 0 Å². The van der Waals surface area contributed by atoms with Gasteiger partial charge in [-0.25, -0.2) is 0 Å². The molecule has 0 spiro atoms. The van der Waals surface area contributed by atoms with Crippen molar-refractivity contribution >= 4 is 35.1 Å². The number of rotatable bonds is 8. The maximum atomic E-state index is 6.29. The van der Waals surface area contributed by atoms with Crippen molar-refractivity contribution in [3.63, 3.8) is 0 Å². The van der Waals surface area contributed by atoms with Gasteiger partial charge in [-0.1, -0.05) is 48.7 Å². The molecule has 0 radical (unpaired) electrons. The highest BCUT2D eigenvalue weighted by atomic mass is 35.5. The SMILES string of the molecule is CN1Sc2cc(Cl)ccc2C(NCCCCCCC2=NCCO2)c2ccccc21. The molecule has 2 heterocycles. The molecule has 0 fully saturated rings. The number of hydrogen-bond donors (Lipinski definition) is 1. The number of anilines is 1. The Morgan fingerprint density at radius 2 is 2.00 bits per heavy atom. The Bertz CT molecular complexity index is 873. The van der Waals surface area contributed by atoms with Gasteiger partial charge in [-0.05, 0) is 60.7 Å². The summed E-state index contributed by atoms with van der Waals surface area (Å²) in [6, 6.07) is 15.1. The predicted molar refractivity (Wildman–Crippen MR) is 123 cm³/mol. The van der Waals surface area contributed by atoms with E-state index in [-0.39, 0.29) is 6.04 Å². The monoisotopic (exact) mass is 429 g/mol. The van der Waals surface area contributed by atoms with Gasteiger partial charge in [0.1, 0.15) is 6.61 Å². The fraction of sp³-hybridized carbons (Fsp3) is 0.435. The normalized spacial score (nSPS) is 17.9. The summed E-state index contributed by atoms with van der Waals surface area (Å²) in [6.07, 6.45) is 5.75. The molecule has 0 aromatic heterocycles. The largest absolute Gasteiger partial charge is 0.479 e. The molecule has 2 aliphatic heterocycles. The zero-order chi connectivity index (χ0) is 20.1. The number of benzene rings is 2. The predicted octanol–water partition coefficient (Wildman–Crippen LogP) is 5.86. The zero-order valence-corrected chi connectivity index (χ0v) is 18.4. The maximum Gasteiger partial charge on any atom is 0.183 e. The Kier molecular flexibility index (Phi) is 7.01. The lowest BCUT2D eigenvalue weighted by atomic mass is 9.96. The van der Waals surface area contributed by atoms with Crippen LogP contribution < -0.4 is 9.62 Å². The van der Waals surface area contributed by atoms with Gasteiger partial charge in [-0.2, -0.15) is 0 Å². The van der Waals surface area contributed by atoms with Gasteiger partial charge in [0.15, 0.2) is 5.90 Å². The van der Waals surface area contributed by atoms with E-state index >= 15 is 0 Å². The zero-order valence-electron chi connectivity index (χ0n) is 16.9. The molecular formula is C23H28ClN3OS. The maximum absolute atomic E-state index is 6.29. The Labute approximate surface area is 182 Å².